The molecule has 2 aromatic heterocycles. The average molecular weight is 237 g/mol. The van der Waals surface area contributed by atoms with Crippen molar-refractivity contribution in [2.75, 3.05) is 12.4 Å². The summed E-state index contributed by atoms with van der Waals surface area (Å²) in [4.78, 5) is 11.5. The second-order valence-electron chi connectivity index (χ2n) is 3.27. The summed E-state index contributed by atoms with van der Waals surface area (Å²) in [5.41, 5.74) is 1.39. The molecule has 84 valence electrons. The summed E-state index contributed by atoms with van der Waals surface area (Å²) in [6, 6.07) is 3.19. The van der Waals surface area contributed by atoms with E-state index in [2.05, 4.69) is 20.0 Å². The van der Waals surface area contributed by atoms with Crippen LogP contribution in [-0.2, 0) is 6.54 Å². The summed E-state index contributed by atoms with van der Waals surface area (Å²) >= 11 is 1.26. The quantitative estimate of drug-likeness (QED) is 0.841. The molecule has 6 nitrogen and oxygen atoms in total. The summed E-state index contributed by atoms with van der Waals surface area (Å²) < 4.78 is 5.21. The fourth-order valence-electron chi connectivity index (χ4n) is 1.31. The van der Waals surface area contributed by atoms with E-state index < -0.39 is 0 Å². The lowest BCUT2D eigenvalue weighted by atomic mass is 10.4. The highest BCUT2D eigenvalue weighted by Gasteiger charge is 2.08. The van der Waals surface area contributed by atoms with E-state index in [0.717, 1.165) is 16.4 Å². The fraction of sp³-hybridized carbons (Fsp3) is 0.333. The fourth-order valence-corrected chi connectivity index (χ4v) is 1.83. The van der Waals surface area contributed by atoms with Crippen LogP contribution in [0.3, 0.4) is 0 Å². The number of anilines is 1. The normalized spacial score (nSPS) is 10.4. The Hall–Kier alpha value is -1.76. The molecule has 0 spiro atoms. The predicted octanol–water partition coefficient (Wildman–Crippen LogP) is 0.493. The van der Waals surface area contributed by atoms with Crippen molar-refractivity contribution in [1.29, 1.82) is 0 Å². The maximum Gasteiger partial charge on any atom is 0.267 e. The van der Waals surface area contributed by atoms with Crippen LogP contribution in [-0.4, -0.2) is 26.4 Å². The van der Waals surface area contributed by atoms with Gasteiger partial charge in [-0.2, -0.15) is 5.10 Å². The van der Waals surface area contributed by atoms with Gasteiger partial charge in [-0.25, -0.2) is 4.68 Å². The van der Waals surface area contributed by atoms with Gasteiger partial charge in [0.2, 0.25) is 0 Å². The zero-order valence-electron chi connectivity index (χ0n) is 8.97. The van der Waals surface area contributed by atoms with Gasteiger partial charge < -0.3 is 5.32 Å². The van der Waals surface area contributed by atoms with Crippen molar-refractivity contribution in [3.05, 3.63) is 33.9 Å². The van der Waals surface area contributed by atoms with E-state index in [9.17, 15) is 4.79 Å². The second-order valence-corrected chi connectivity index (χ2v) is 4.02. The molecule has 0 amide bonds. The number of rotatable bonds is 3. The van der Waals surface area contributed by atoms with Gasteiger partial charge in [0.1, 0.15) is 10.7 Å². The number of nitrogens with zero attached hydrogens (tertiary/aromatic N) is 4. The van der Waals surface area contributed by atoms with Crippen LogP contribution < -0.4 is 10.9 Å². The lowest BCUT2D eigenvalue weighted by molar-refractivity contribution is 0.617. The van der Waals surface area contributed by atoms with Gasteiger partial charge in [0, 0.05) is 24.6 Å². The van der Waals surface area contributed by atoms with Crippen molar-refractivity contribution < 1.29 is 0 Å². The molecule has 0 saturated carbocycles. The summed E-state index contributed by atoms with van der Waals surface area (Å²) in [5.74, 6) is 0. The molecule has 0 aliphatic heterocycles. The van der Waals surface area contributed by atoms with Gasteiger partial charge in [-0.3, -0.25) is 4.79 Å². The second kappa shape index (κ2) is 4.40. The van der Waals surface area contributed by atoms with Crippen molar-refractivity contribution in [2.45, 2.75) is 13.5 Å². The first-order valence-corrected chi connectivity index (χ1v) is 5.52. The minimum absolute atomic E-state index is 0.138. The Kier molecular flexibility index (Phi) is 2.95. The summed E-state index contributed by atoms with van der Waals surface area (Å²) in [6.07, 6.45) is 0. The number of hydrogen-bond donors (Lipinski definition) is 1. The molecule has 1 N–H and O–H groups in total. The molecule has 0 atom stereocenters. The molecule has 16 heavy (non-hydrogen) atoms. The van der Waals surface area contributed by atoms with Gasteiger partial charge in [0.15, 0.2) is 0 Å². The van der Waals surface area contributed by atoms with E-state index >= 15 is 0 Å². The Balaban J connectivity index is 2.33. The number of hydrogen-bond acceptors (Lipinski definition) is 6. The molecular weight excluding hydrogens is 226 g/mol. The summed E-state index contributed by atoms with van der Waals surface area (Å²) in [7, 11) is 1.80. The molecule has 0 unspecified atom stereocenters. The minimum Gasteiger partial charge on any atom is -0.377 e. The Morgan fingerprint density at radius 1 is 1.50 bits per heavy atom. The van der Waals surface area contributed by atoms with Crippen LogP contribution in [0.25, 0.3) is 0 Å². The monoisotopic (exact) mass is 237 g/mol. The van der Waals surface area contributed by atoms with Crippen molar-refractivity contribution in [2.24, 2.45) is 0 Å². The Morgan fingerprint density at radius 3 is 3.06 bits per heavy atom. The lowest BCUT2D eigenvalue weighted by Gasteiger charge is -2.03. The van der Waals surface area contributed by atoms with Crippen LogP contribution >= 0.6 is 11.5 Å². The van der Waals surface area contributed by atoms with Crippen molar-refractivity contribution >= 4 is 16.5 Å². The molecule has 2 rings (SSSR count). The topological polar surface area (TPSA) is 72.7 Å². The van der Waals surface area contributed by atoms with Crippen LogP contribution in [0.1, 0.15) is 11.4 Å². The first-order chi connectivity index (χ1) is 7.70. The first kappa shape index (κ1) is 10.7. The van der Waals surface area contributed by atoms with Gasteiger partial charge >= 0.3 is 0 Å². The average Bonchev–Trinajstić information content (AvgIpc) is 2.71. The van der Waals surface area contributed by atoms with E-state index in [1.54, 1.807) is 13.1 Å². The zero-order chi connectivity index (χ0) is 11.5. The minimum atomic E-state index is -0.138. The third-order valence-electron chi connectivity index (χ3n) is 2.08. The van der Waals surface area contributed by atoms with Gasteiger partial charge in [-0.05, 0) is 13.0 Å². The van der Waals surface area contributed by atoms with Crippen LogP contribution in [0.2, 0.25) is 0 Å². The van der Waals surface area contributed by atoms with E-state index in [0.29, 0.717) is 6.54 Å². The van der Waals surface area contributed by atoms with E-state index in [1.165, 1.54) is 22.3 Å². The summed E-state index contributed by atoms with van der Waals surface area (Å²) in [5, 5.41) is 11.9. The molecule has 0 aromatic carbocycles. The third-order valence-corrected chi connectivity index (χ3v) is 2.87. The van der Waals surface area contributed by atoms with Crippen LogP contribution in [0.5, 0.6) is 0 Å². The molecule has 0 aliphatic rings. The third kappa shape index (κ3) is 2.08. The highest BCUT2D eigenvalue weighted by Crippen LogP contribution is 2.16. The molecule has 2 aromatic rings. The Bertz CT molecular complexity index is 547. The van der Waals surface area contributed by atoms with E-state index in [-0.39, 0.29) is 5.56 Å². The van der Waals surface area contributed by atoms with Crippen LogP contribution in [0.15, 0.2) is 16.9 Å². The number of aryl methyl sites for hydroxylation is 1. The molecule has 0 bridgehead atoms. The van der Waals surface area contributed by atoms with Crippen molar-refractivity contribution in [3.8, 4) is 0 Å². The molecule has 0 aliphatic carbocycles. The lowest BCUT2D eigenvalue weighted by Crippen LogP contribution is -2.23. The van der Waals surface area contributed by atoms with E-state index in [1.807, 2.05) is 6.92 Å². The van der Waals surface area contributed by atoms with Crippen molar-refractivity contribution in [3.63, 3.8) is 0 Å². The van der Waals surface area contributed by atoms with Gasteiger partial charge in [0.05, 0.1) is 12.2 Å². The standard InChI is InChI=1S/C9H11N5OS/c1-6-3-4-8(15)14(12-6)5-7-9(10-2)16-13-11-7/h3-4,10H,5H2,1-2H3. The smallest absolute Gasteiger partial charge is 0.267 e. The maximum atomic E-state index is 11.5. The predicted molar refractivity (Wildman–Crippen MR) is 61.8 cm³/mol. The van der Waals surface area contributed by atoms with Crippen LogP contribution in [0, 0.1) is 6.92 Å². The first-order valence-electron chi connectivity index (χ1n) is 4.74. The molecule has 7 heteroatoms. The molecule has 0 radical (unpaired) electrons. The zero-order valence-corrected chi connectivity index (χ0v) is 9.78. The Labute approximate surface area is 96.1 Å². The molecule has 0 saturated heterocycles. The maximum absolute atomic E-state index is 11.5. The van der Waals surface area contributed by atoms with Crippen LogP contribution in [0.4, 0.5) is 5.00 Å². The highest BCUT2D eigenvalue weighted by atomic mass is 32.1. The molecular formula is C9H11N5OS. The highest BCUT2D eigenvalue weighted by molar-refractivity contribution is 7.10. The van der Waals surface area contributed by atoms with Crippen molar-refractivity contribution in [1.82, 2.24) is 19.4 Å². The summed E-state index contributed by atoms with van der Waals surface area (Å²) in [6.45, 7) is 2.18. The number of nitrogens with one attached hydrogen (secondary N) is 1. The largest absolute Gasteiger partial charge is 0.377 e. The molecule has 2 heterocycles. The van der Waals surface area contributed by atoms with Gasteiger partial charge in [0.25, 0.3) is 5.56 Å². The Morgan fingerprint density at radius 2 is 2.31 bits per heavy atom. The SMILES string of the molecule is CNc1snnc1Cn1nc(C)ccc1=O. The van der Waals surface area contributed by atoms with Gasteiger partial charge in [-0.1, -0.05) is 4.49 Å². The van der Waals surface area contributed by atoms with E-state index in [4.69, 9.17) is 0 Å². The van der Waals surface area contributed by atoms with Gasteiger partial charge in [-0.15, -0.1) is 5.10 Å². The number of aromatic nitrogens is 4. The molecule has 0 fully saturated rings.